The van der Waals surface area contributed by atoms with Crippen LogP contribution in [0.3, 0.4) is 0 Å². The number of carbonyl (C=O) groups excluding carboxylic acids is 1. The first-order chi connectivity index (χ1) is 9.69. The molecule has 3 N–H and O–H groups in total. The van der Waals surface area contributed by atoms with Gasteiger partial charge in [-0.15, -0.1) is 0 Å². The highest BCUT2D eigenvalue weighted by Crippen LogP contribution is 2.10. The summed E-state index contributed by atoms with van der Waals surface area (Å²) in [5.41, 5.74) is 2.03. The molecule has 0 heterocycles. The molecule has 0 fully saturated rings. The number of nitrogens with one attached hydrogen (secondary N) is 3. The molecule has 0 aromatic heterocycles. The first-order valence-corrected chi connectivity index (χ1v) is 7.02. The van der Waals surface area contributed by atoms with Crippen LogP contribution >= 0.6 is 0 Å². The lowest BCUT2D eigenvalue weighted by atomic mass is 10.1. The van der Waals surface area contributed by atoms with Gasteiger partial charge in [-0.2, -0.15) is 0 Å². The quantitative estimate of drug-likeness (QED) is 0.548. The van der Waals surface area contributed by atoms with Gasteiger partial charge in [0.1, 0.15) is 0 Å². The Morgan fingerprint density at radius 1 is 1.25 bits per heavy atom. The van der Waals surface area contributed by atoms with Crippen molar-refractivity contribution in [3.05, 3.63) is 29.8 Å². The Labute approximate surface area is 120 Å². The van der Waals surface area contributed by atoms with Crippen molar-refractivity contribution in [2.24, 2.45) is 4.99 Å². The van der Waals surface area contributed by atoms with Crippen molar-refractivity contribution in [1.29, 1.82) is 0 Å². The van der Waals surface area contributed by atoms with E-state index in [-0.39, 0.29) is 12.5 Å². The highest BCUT2D eigenvalue weighted by molar-refractivity contribution is 5.95. The topological polar surface area (TPSA) is 65.5 Å². The molecule has 20 heavy (non-hydrogen) atoms. The maximum absolute atomic E-state index is 11.8. The number of guanidine groups is 1. The van der Waals surface area contributed by atoms with Crippen LogP contribution < -0.4 is 16.0 Å². The zero-order valence-electron chi connectivity index (χ0n) is 12.5. The van der Waals surface area contributed by atoms with Gasteiger partial charge in [-0.25, -0.2) is 0 Å². The summed E-state index contributed by atoms with van der Waals surface area (Å²) in [7, 11) is 1.69. The first-order valence-electron chi connectivity index (χ1n) is 7.02. The van der Waals surface area contributed by atoms with E-state index in [1.54, 1.807) is 7.05 Å². The summed E-state index contributed by atoms with van der Waals surface area (Å²) in [4.78, 5) is 15.9. The van der Waals surface area contributed by atoms with Gasteiger partial charge in [-0.3, -0.25) is 9.79 Å². The fourth-order valence-electron chi connectivity index (χ4n) is 1.70. The zero-order valence-corrected chi connectivity index (χ0v) is 12.5. The lowest BCUT2D eigenvalue weighted by Gasteiger charge is -2.11. The van der Waals surface area contributed by atoms with Gasteiger partial charge in [-0.1, -0.05) is 26.0 Å². The molecule has 5 heteroatoms. The van der Waals surface area contributed by atoms with Crippen LogP contribution in [0.1, 0.15) is 25.8 Å². The van der Waals surface area contributed by atoms with E-state index >= 15 is 0 Å². The van der Waals surface area contributed by atoms with Gasteiger partial charge in [0.05, 0.1) is 6.54 Å². The Kier molecular flexibility index (Phi) is 7.17. The smallest absolute Gasteiger partial charge is 0.243 e. The average molecular weight is 276 g/mol. The van der Waals surface area contributed by atoms with Crippen molar-refractivity contribution < 1.29 is 4.79 Å². The molecule has 0 unspecified atom stereocenters. The Morgan fingerprint density at radius 3 is 2.70 bits per heavy atom. The molecule has 1 aromatic carbocycles. The van der Waals surface area contributed by atoms with Gasteiger partial charge in [-0.05, 0) is 30.5 Å². The van der Waals surface area contributed by atoms with E-state index in [1.165, 1.54) is 5.56 Å². The van der Waals surface area contributed by atoms with Gasteiger partial charge in [0.15, 0.2) is 5.96 Å². The number of nitrogens with zero attached hydrogens (tertiary/aromatic N) is 1. The van der Waals surface area contributed by atoms with Crippen LogP contribution in [0.2, 0.25) is 0 Å². The van der Waals surface area contributed by atoms with E-state index in [4.69, 9.17) is 0 Å². The summed E-state index contributed by atoms with van der Waals surface area (Å²) in [6.45, 7) is 5.19. The number of hydrogen-bond acceptors (Lipinski definition) is 2. The van der Waals surface area contributed by atoms with Crippen molar-refractivity contribution in [1.82, 2.24) is 10.6 Å². The summed E-state index contributed by atoms with van der Waals surface area (Å²) in [5, 5.41) is 8.96. The van der Waals surface area contributed by atoms with Gasteiger partial charge in [0, 0.05) is 19.3 Å². The molecule has 0 aliphatic rings. The maximum atomic E-state index is 11.8. The number of hydrogen-bond donors (Lipinski definition) is 3. The second-order valence-corrected chi connectivity index (χ2v) is 4.45. The van der Waals surface area contributed by atoms with Crippen LogP contribution in [0, 0.1) is 0 Å². The molecule has 1 rings (SSSR count). The standard InChI is InChI=1S/C15H24N4O/c1-4-9-17-15(16-3)18-11-14(20)19-13-8-6-7-12(5-2)10-13/h6-8,10H,4-5,9,11H2,1-3H3,(H,19,20)(H2,16,17,18). The molecule has 1 aromatic rings. The predicted octanol–water partition coefficient (Wildman–Crippen LogP) is 1.76. The van der Waals surface area contributed by atoms with Crippen LogP contribution in [-0.4, -0.2) is 32.0 Å². The summed E-state index contributed by atoms with van der Waals surface area (Å²) < 4.78 is 0. The number of carbonyl (C=O) groups is 1. The molecule has 0 saturated heterocycles. The molecule has 0 saturated carbocycles. The van der Waals surface area contributed by atoms with Gasteiger partial charge >= 0.3 is 0 Å². The van der Waals surface area contributed by atoms with Crippen molar-refractivity contribution in [2.45, 2.75) is 26.7 Å². The molecule has 0 bridgehead atoms. The molecular formula is C15H24N4O. The molecule has 0 atom stereocenters. The lowest BCUT2D eigenvalue weighted by Crippen LogP contribution is -2.41. The van der Waals surface area contributed by atoms with E-state index in [0.717, 1.165) is 25.1 Å². The maximum Gasteiger partial charge on any atom is 0.243 e. The second kappa shape index (κ2) is 8.96. The summed E-state index contributed by atoms with van der Waals surface area (Å²) in [6, 6.07) is 7.87. The number of anilines is 1. The van der Waals surface area contributed by atoms with Crippen LogP contribution in [0.25, 0.3) is 0 Å². The normalized spacial score (nSPS) is 11.1. The third-order valence-corrected chi connectivity index (χ3v) is 2.80. The third kappa shape index (κ3) is 5.73. The highest BCUT2D eigenvalue weighted by atomic mass is 16.1. The summed E-state index contributed by atoms with van der Waals surface area (Å²) in [6.07, 6.45) is 1.96. The second-order valence-electron chi connectivity index (χ2n) is 4.45. The molecule has 5 nitrogen and oxygen atoms in total. The largest absolute Gasteiger partial charge is 0.356 e. The monoisotopic (exact) mass is 276 g/mol. The number of aryl methyl sites for hydroxylation is 1. The van der Waals surface area contributed by atoms with Crippen molar-refractivity contribution in [3.8, 4) is 0 Å². The number of amides is 1. The van der Waals surface area contributed by atoms with E-state index in [0.29, 0.717) is 5.96 Å². The van der Waals surface area contributed by atoms with E-state index < -0.39 is 0 Å². The molecule has 0 radical (unpaired) electrons. The SMILES string of the molecule is CCCNC(=NC)NCC(=O)Nc1cccc(CC)c1. The van der Waals surface area contributed by atoms with Crippen molar-refractivity contribution >= 4 is 17.6 Å². The van der Waals surface area contributed by atoms with E-state index in [2.05, 4.69) is 34.8 Å². The van der Waals surface area contributed by atoms with E-state index in [1.807, 2.05) is 24.3 Å². The zero-order chi connectivity index (χ0) is 14.8. The Bertz CT molecular complexity index is 457. The molecule has 0 spiro atoms. The Hall–Kier alpha value is -2.04. The highest BCUT2D eigenvalue weighted by Gasteiger charge is 2.04. The minimum atomic E-state index is -0.0855. The van der Waals surface area contributed by atoms with Crippen LogP contribution in [0.5, 0.6) is 0 Å². The summed E-state index contributed by atoms with van der Waals surface area (Å²) in [5.74, 6) is 0.557. The molecule has 0 aliphatic carbocycles. The fraction of sp³-hybridized carbons (Fsp3) is 0.467. The van der Waals surface area contributed by atoms with Gasteiger partial charge in [0.25, 0.3) is 0 Å². The number of rotatable bonds is 6. The van der Waals surface area contributed by atoms with E-state index in [9.17, 15) is 4.79 Å². The van der Waals surface area contributed by atoms with Crippen LogP contribution in [0.4, 0.5) is 5.69 Å². The molecule has 0 aliphatic heterocycles. The van der Waals surface area contributed by atoms with Crippen LogP contribution in [0.15, 0.2) is 29.3 Å². The molecule has 110 valence electrons. The van der Waals surface area contributed by atoms with Crippen LogP contribution in [-0.2, 0) is 11.2 Å². The lowest BCUT2D eigenvalue weighted by molar-refractivity contribution is -0.115. The minimum Gasteiger partial charge on any atom is -0.356 e. The number of benzene rings is 1. The minimum absolute atomic E-state index is 0.0855. The Morgan fingerprint density at radius 2 is 2.05 bits per heavy atom. The fourth-order valence-corrected chi connectivity index (χ4v) is 1.70. The molecule has 1 amide bonds. The Balaban J connectivity index is 2.43. The summed E-state index contributed by atoms with van der Waals surface area (Å²) >= 11 is 0. The van der Waals surface area contributed by atoms with Gasteiger partial charge in [0.2, 0.25) is 5.91 Å². The third-order valence-electron chi connectivity index (χ3n) is 2.80. The van der Waals surface area contributed by atoms with Crippen molar-refractivity contribution in [3.63, 3.8) is 0 Å². The predicted molar refractivity (Wildman–Crippen MR) is 84.1 cm³/mol. The average Bonchev–Trinajstić information content (AvgIpc) is 2.47. The number of aliphatic imine (C=N–C) groups is 1. The van der Waals surface area contributed by atoms with Crippen molar-refractivity contribution in [2.75, 3.05) is 25.5 Å². The molecular weight excluding hydrogens is 252 g/mol. The first kappa shape index (κ1) is 16.0. The van der Waals surface area contributed by atoms with Gasteiger partial charge < -0.3 is 16.0 Å².